The summed E-state index contributed by atoms with van der Waals surface area (Å²) in [6, 6.07) is 20.3. The SMILES string of the molecule is CCNC(=O)[C@@H](Cc1ccccc1)N(Cc1ccc(Cl)c(Cl)c1)C(=O)CN(c1ccc(C)cc1)S(C)(=O)=O. The molecule has 0 aliphatic rings. The molecule has 3 rings (SSSR count). The molecule has 0 fully saturated rings. The average Bonchev–Trinajstić information content (AvgIpc) is 2.87. The summed E-state index contributed by atoms with van der Waals surface area (Å²) in [5.41, 5.74) is 2.82. The van der Waals surface area contributed by atoms with E-state index in [1.807, 2.05) is 37.3 Å². The van der Waals surface area contributed by atoms with Gasteiger partial charge in [0.15, 0.2) is 0 Å². The number of anilines is 1. The Morgan fingerprint density at radius 3 is 2.16 bits per heavy atom. The third-order valence-electron chi connectivity index (χ3n) is 5.96. The number of sulfonamides is 1. The van der Waals surface area contributed by atoms with Gasteiger partial charge in [0, 0.05) is 19.5 Å². The van der Waals surface area contributed by atoms with E-state index in [-0.39, 0.29) is 18.9 Å². The zero-order valence-corrected chi connectivity index (χ0v) is 23.9. The van der Waals surface area contributed by atoms with Gasteiger partial charge >= 0.3 is 0 Å². The van der Waals surface area contributed by atoms with Gasteiger partial charge in [0.25, 0.3) is 0 Å². The van der Waals surface area contributed by atoms with Crippen molar-refractivity contribution >= 4 is 50.7 Å². The maximum Gasteiger partial charge on any atom is 0.244 e. The van der Waals surface area contributed by atoms with E-state index < -0.39 is 28.5 Å². The zero-order chi connectivity index (χ0) is 27.9. The highest BCUT2D eigenvalue weighted by Gasteiger charge is 2.32. The summed E-state index contributed by atoms with van der Waals surface area (Å²) in [5, 5.41) is 3.49. The van der Waals surface area contributed by atoms with Crippen LogP contribution in [0.25, 0.3) is 0 Å². The van der Waals surface area contributed by atoms with Crippen LogP contribution in [0.2, 0.25) is 10.0 Å². The minimum absolute atomic E-state index is 0.0237. The molecule has 0 saturated heterocycles. The third-order valence-corrected chi connectivity index (χ3v) is 7.84. The Kier molecular flexibility index (Phi) is 10.2. The Balaban J connectivity index is 2.05. The molecule has 0 unspecified atom stereocenters. The molecule has 2 amide bonds. The molecule has 1 N–H and O–H groups in total. The standard InChI is InChI=1S/C28H31Cl2N3O4S/c1-4-31-28(35)26(17-21-8-6-5-7-9-21)32(18-22-12-15-24(29)25(30)16-22)27(34)19-33(38(3,36)37)23-13-10-20(2)11-14-23/h5-16,26H,4,17-19H2,1-3H3,(H,31,35)/t26-/m1/s1. The van der Waals surface area contributed by atoms with E-state index in [1.54, 1.807) is 49.4 Å². The van der Waals surface area contributed by atoms with Crippen molar-refractivity contribution in [3.63, 3.8) is 0 Å². The fraction of sp³-hybridized carbons (Fsp3) is 0.286. The first kappa shape index (κ1) is 29.5. The molecule has 10 heteroatoms. The molecule has 0 saturated carbocycles. The van der Waals surface area contributed by atoms with Gasteiger partial charge in [0.2, 0.25) is 21.8 Å². The van der Waals surface area contributed by atoms with Gasteiger partial charge in [0.1, 0.15) is 12.6 Å². The molecule has 0 bridgehead atoms. The first-order chi connectivity index (χ1) is 18.0. The Hall–Kier alpha value is -3.07. The van der Waals surface area contributed by atoms with Crippen molar-refractivity contribution in [2.45, 2.75) is 32.9 Å². The van der Waals surface area contributed by atoms with Crippen molar-refractivity contribution in [3.8, 4) is 0 Å². The first-order valence-corrected chi connectivity index (χ1v) is 14.7. The zero-order valence-electron chi connectivity index (χ0n) is 21.5. The summed E-state index contributed by atoms with van der Waals surface area (Å²) in [5.74, 6) is -0.875. The van der Waals surface area contributed by atoms with Crippen LogP contribution in [-0.2, 0) is 32.6 Å². The number of amides is 2. The number of aryl methyl sites for hydroxylation is 1. The van der Waals surface area contributed by atoms with Crippen LogP contribution >= 0.6 is 23.2 Å². The number of rotatable bonds is 11. The molecular weight excluding hydrogens is 545 g/mol. The van der Waals surface area contributed by atoms with Crippen molar-refractivity contribution in [1.82, 2.24) is 10.2 Å². The molecular formula is C28H31Cl2N3O4S. The predicted octanol–water partition coefficient (Wildman–Crippen LogP) is 4.84. The second-order valence-electron chi connectivity index (χ2n) is 8.98. The lowest BCUT2D eigenvalue weighted by atomic mass is 10.0. The van der Waals surface area contributed by atoms with Crippen LogP contribution in [0.5, 0.6) is 0 Å². The van der Waals surface area contributed by atoms with Crippen LogP contribution in [0.1, 0.15) is 23.6 Å². The molecule has 202 valence electrons. The highest BCUT2D eigenvalue weighted by Crippen LogP contribution is 2.25. The topological polar surface area (TPSA) is 86.8 Å². The third kappa shape index (κ3) is 7.96. The quantitative estimate of drug-likeness (QED) is 0.354. The maximum atomic E-state index is 13.9. The van der Waals surface area contributed by atoms with Crippen molar-refractivity contribution in [2.75, 3.05) is 23.7 Å². The van der Waals surface area contributed by atoms with Crippen LogP contribution in [0.4, 0.5) is 5.69 Å². The average molecular weight is 577 g/mol. The van der Waals surface area contributed by atoms with Gasteiger partial charge in [-0.2, -0.15) is 0 Å². The van der Waals surface area contributed by atoms with Crippen LogP contribution in [0.15, 0.2) is 72.8 Å². The molecule has 38 heavy (non-hydrogen) atoms. The number of nitrogens with one attached hydrogen (secondary N) is 1. The highest BCUT2D eigenvalue weighted by molar-refractivity contribution is 7.92. The van der Waals surface area contributed by atoms with Crippen molar-refractivity contribution in [3.05, 3.63) is 99.5 Å². The summed E-state index contributed by atoms with van der Waals surface area (Å²) in [4.78, 5) is 28.6. The molecule has 7 nitrogen and oxygen atoms in total. The fourth-order valence-corrected chi connectivity index (χ4v) is 5.18. The van der Waals surface area contributed by atoms with Gasteiger partial charge in [-0.15, -0.1) is 0 Å². The molecule has 3 aromatic carbocycles. The summed E-state index contributed by atoms with van der Waals surface area (Å²) < 4.78 is 26.6. The van der Waals surface area contributed by atoms with Gasteiger partial charge in [-0.3, -0.25) is 13.9 Å². The molecule has 0 spiro atoms. The summed E-state index contributed by atoms with van der Waals surface area (Å²) in [6.45, 7) is 3.60. The number of carbonyl (C=O) groups is 2. The van der Waals surface area contributed by atoms with E-state index in [9.17, 15) is 18.0 Å². The summed E-state index contributed by atoms with van der Waals surface area (Å²) in [7, 11) is -3.81. The van der Waals surface area contributed by atoms with Gasteiger partial charge < -0.3 is 10.2 Å². The van der Waals surface area contributed by atoms with E-state index in [1.165, 1.54) is 4.90 Å². The number of hydrogen-bond donors (Lipinski definition) is 1. The van der Waals surface area contributed by atoms with Gasteiger partial charge in [0.05, 0.1) is 22.0 Å². The molecule has 0 heterocycles. The van der Waals surface area contributed by atoms with Crippen LogP contribution < -0.4 is 9.62 Å². The van der Waals surface area contributed by atoms with Gasteiger partial charge in [-0.1, -0.05) is 77.3 Å². The Morgan fingerprint density at radius 1 is 0.921 bits per heavy atom. The smallest absolute Gasteiger partial charge is 0.244 e. The van der Waals surface area contributed by atoms with Crippen molar-refractivity contribution in [2.24, 2.45) is 0 Å². The van der Waals surface area contributed by atoms with E-state index in [2.05, 4.69) is 5.32 Å². The van der Waals surface area contributed by atoms with Crippen LogP contribution in [0.3, 0.4) is 0 Å². The fourth-order valence-electron chi connectivity index (χ4n) is 4.01. The maximum absolute atomic E-state index is 13.9. The molecule has 0 radical (unpaired) electrons. The Bertz CT molecular complexity index is 1370. The van der Waals surface area contributed by atoms with E-state index in [0.29, 0.717) is 27.8 Å². The lowest BCUT2D eigenvalue weighted by Crippen LogP contribution is -2.53. The van der Waals surface area contributed by atoms with Gasteiger partial charge in [-0.05, 0) is 49.2 Å². The summed E-state index contributed by atoms with van der Waals surface area (Å²) >= 11 is 12.3. The van der Waals surface area contributed by atoms with E-state index in [4.69, 9.17) is 23.2 Å². The Morgan fingerprint density at radius 2 is 1.58 bits per heavy atom. The minimum Gasteiger partial charge on any atom is -0.355 e. The molecule has 0 aromatic heterocycles. The van der Waals surface area contributed by atoms with Crippen LogP contribution in [-0.4, -0.2) is 50.5 Å². The van der Waals surface area contributed by atoms with Crippen LogP contribution in [0, 0.1) is 6.92 Å². The number of nitrogens with zero attached hydrogens (tertiary/aromatic N) is 2. The minimum atomic E-state index is -3.81. The second-order valence-corrected chi connectivity index (χ2v) is 11.7. The summed E-state index contributed by atoms with van der Waals surface area (Å²) in [6.07, 6.45) is 1.29. The van der Waals surface area contributed by atoms with Gasteiger partial charge in [-0.25, -0.2) is 8.42 Å². The largest absolute Gasteiger partial charge is 0.355 e. The number of hydrogen-bond acceptors (Lipinski definition) is 4. The monoisotopic (exact) mass is 575 g/mol. The molecule has 0 aliphatic carbocycles. The van der Waals surface area contributed by atoms with E-state index in [0.717, 1.165) is 21.7 Å². The molecule has 3 aromatic rings. The number of benzene rings is 3. The van der Waals surface area contributed by atoms with Crippen molar-refractivity contribution < 1.29 is 18.0 Å². The number of carbonyl (C=O) groups excluding carboxylic acids is 2. The molecule has 1 atom stereocenters. The highest BCUT2D eigenvalue weighted by atomic mass is 35.5. The predicted molar refractivity (Wildman–Crippen MR) is 153 cm³/mol. The number of halogens is 2. The van der Waals surface area contributed by atoms with E-state index >= 15 is 0 Å². The van der Waals surface area contributed by atoms with Crippen molar-refractivity contribution in [1.29, 1.82) is 0 Å². The second kappa shape index (κ2) is 13.1. The molecule has 0 aliphatic heterocycles. The lowest BCUT2D eigenvalue weighted by molar-refractivity contribution is -0.140. The Labute approximate surface area is 234 Å². The lowest BCUT2D eigenvalue weighted by Gasteiger charge is -2.33. The normalized spacial score (nSPS) is 12.0. The first-order valence-electron chi connectivity index (χ1n) is 12.1. The number of likely N-dealkylation sites (N-methyl/N-ethyl adjacent to an activating group) is 1.